The Bertz CT molecular complexity index is 733. The highest BCUT2D eigenvalue weighted by molar-refractivity contribution is 5.82. The Kier molecular flexibility index (Phi) is 3.25. The Morgan fingerprint density at radius 2 is 1.80 bits per heavy atom. The normalized spacial score (nSPS) is 10.7. The van der Waals surface area contributed by atoms with E-state index in [9.17, 15) is 0 Å². The molecule has 0 bridgehead atoms. The Labute approximate surface area is 118 Å². The van der Waals surface area contributed by atoms with Crippen molar-refractivity contribution in [2.24, 2.45) is 0 Å². The van der Waals surface area contributed by atoms with E-state index >= 15 is 0 Å². The van der Waals surface area contributed by atoms with Gasteiger partial charge in [-0.3, -0.25) is 4.98 Å². The fourth-order valence-electron chi connectivity index (χ4n) is 2.34. The Morgan fingerprint density at radius 3 is 2.60 bits per heavy atom. The summed E-state index contributed by atoms with van der Waals surface area (Å²) in [6.07, 6.45) is 0. The number of nitrogen functional groups attached to an aromatic ring is 1. The van der Waals surface area contributed by atoms with Gasteiger partial charge in [0.05, 0.1) is 5.52 Å². The molecule has 0 amide bonds. The van der Waals surface area contributed by atoms with Gasteiger partial charge < -0.3 is 11.1 Å². The van der Waals surface area contributed by atoms with Crippen molar-refractivity contribution in [3.8, 4) is 0 Å². The van der Waals surface area contributed by atoms with Gasteiger partial charge in [0.15, 0.2) is 0 Å². The SMILES string of the molecule is Cc1cc(CNc2ccc(N)cc2)c2ccccc2n1. The second kappa shape index (κ2) is 5.21. The van der Waals surface area contributed by atoms with Crippen LogP contribution in [0.25, 0.3) is 10.9 Å². The van der Waals surface area contributed by atoms with Crippen LogP contribution in [-0.2, 0) is 6.54 Å². The molecule has 0 saturated carbocycles. The summed E-state index contributed by atoms with van der Waals surface area (Å²) >= 11 is 0. The molecule has 0 aliphatic heterocycles. The zero-order chi connectivity index (χ0) is 13.9. The second-order valence-corrected chi connectivity index (χ2v) is 4.92. The van der Waals surface area contributed by atoms with Gasteiger partial charge in [-0.2, -0.15) is 0 Å². The molecule has 0 saturated heterocycles. The van der Waals surface area contributed by atoms with Gasteiger partial charge in [-0.15, -0.1) is 0 Å². The highest BCUT2D eigenvalue weighted by Crippen LogP contribution is 2.20. The largest absolute Gasteiger partial charge is 0.399 e. The molecule has 0 unspecified atom stereocenters. The highest BCUT2D eigenvalue weighted by Gasteiger charge is 2.03. The predicted molar refractivity (Wildman–Crippen MR) is 84.7 cm³/mol. The molecule has 3 rings (SSSR count). The van der Waals surface area contributed by atoms with Crippen LogP contribution in [0.5, 0.6) is 0 Å². The van der Waals surface area contributed by atoms with Crippen molar-refractivity contribution >= 4 is 22.3 Å². The molecule has 100 valence electrons. The van der Waals surface area contributed by atoms with Crippen molar-refractivity contribution in [1.29, 1.82) is 0 Å². The zero-order valence-corrected chi connectivity index (χ0v) is 11.4. The van der Waals surface area contributed by atoms with Gasteiger partial charge in [-0.05, 0) is 48.9 Å². The molecule has 0 atom stereocenters. The topological polar surface area (TPSA) is 50.9 Å². The number of nitrogens with two attached hydrogens (primary N) is 1. The van der Waals surface area contributed by atoms with Crippen LogP contribution in [0.15, 0.2) is 54.6 Å². The number of hydrogen-bond acceptors (Lipinski definition) is 3. The quantitative estimate of drug-likeness (QED) is 0.708. The summed E-state index contributed by atoms with van der Waals surface area (Å²) in [4.78, 5) is 4.56. The van der Waals surface area contributed by atoms with Crippen molar-refractivity contribution in [2.75, 3.05) is 11.1 Å². The van der Waals surface area contributed by atoms with Gasteiger partial charge in [0.2, 0.25) is 0 Å². The second-order valence-electron chi connectivity index (χ2n) is 4.92. The molecule has 3 aromatic rings. The molecule has 3 N–H and O–H groups in total. The molecule has 0 spiro atoms. The van der Waals surface area contributed by atoms with Crippen LogP contribution in [0.4, 0.5) is 11.4 Å². The molecule has 3 nitrogen and oxygen atoms in total. The lowest BCUT2D eigenvalue weighted by atomic mass is 10.1. The number of nitrogens with one attached hydrogen (secondary N) is 1. The molecule has 0 radical (unpaired) electrons. The minimum atomic E-state index is 0.772. The van der Waals surface area contributed by atoms with Crippen LogP contribution in [0.2, 0.25) is 0 Å². The van der Waals surface area contributed by atoms with E-state index in [1.165, 1.54) is 10.9 Å². The lowest BCUT2D eigenvalue weighted by molar-refractivity contribution is 1.13. The third-order valence-electron chi connectivity index (χ3n) is 3.32. The van der Waals surface area contributed by atoms with E-state index in [4.69, 9.17) is 5.73 Å². The molecule has 1 aromatic heterocycles. The number of anilines is 2. The summed E-state index contributed by atoms with van der Waals surface area (Å²) in [5, 5.41) is 4.62. The van der Waals surface area contributed by atoms with Crippen molar-refractivity contribution in [2.45, 2.75) is 13.5 Å². The van der Waals surface area contributed by atoms with Crippen LogP contribution in [-0.4, -0.2) is 4.98 Å². The summed E-state index contributed by atoms with van der Waals surface area (Å²) in [5.74, 6) is 0. The van der Waals surface area contributed by atoms with Gasteiger partial charge in [0, 0.05) is 29.0 Å². The van der Waals surface area contributed by atoms with Crippen LogP contribution < -0.4 is 11.1 Å². The molecule has 0 aliphatic rings. The summed E-state index contributed by atoms with van der Waals surface area (Å²) in [6, 6.07) is 18.1. The van der Waals surface area contributed by atoms with Crippen LogP contribution in [0.1, 0.15) is 11.3 Å². The maximum atomic E-state index is 5.69. The van der Waals surface area contributed by atoms with Crippen molar-refractivity contribution in [3.63, 3.8) is 0 Å². The maximum absolute atomic E-state index is 5.69. The smallest absolute Gasteiger partial charge is 0.0708 e. The minimum absolute atomic E-state index is 0.772. The van der Waals surface area contributed by atoms with E-state index in [1.807, 2.05) is 43.3 Å². The first-order chi connectivity index (χ1) is 9.72. The van der Waals surface area contributed by atoms with Crippen LogP contribution >= 0.6 is 0 Å². The number of benzene rings is 2. The molecule has 20 heavy (non-hydrogen) atoms. The first-order valence-corrected chi connectivity index (χ1v) is 6.67. The first-order valence-electron chi connectivity index (χ1n) is 6.67. The third kappa shape index (κ3) is 2.57. The number of pyridine rings is 1. The Hall–Kier alpha value is -2.55. The number of fused-ring (bicyclic) bond motifs is 1. The fourth-order valence-corrected chi connectivity index (χ4v) is 2.34. The summed E-state index contributed by atoms with van der Waals surface area (Å²) in [5.41, 5.74) is 10.9. The molecular formula is C17H17N3. The van der Waals surface area contributed by atoms with Gasteiger partial charge in [-0.1, -0.05) is 18.2 Å². The van der Waals surface area contributed by atoms with E-state index in [1.54, 1.807) is 0 Å². The first kappa shape index (κ1) is 12.5. The number of rotatable bonds is 3. The highest BCUT2D eigenvalue weighted by atomic mass is 14.9. The van der Waals surface area contributed by atoms with E-state index in [0.29, 0.717) is 0 Å². The summed E-state index contributed by atoms with van der Waals surface area (Å²) in [7, 11) is 0. The molecular weight excluding hydrogens is 246 g/mol. The average molecular weight is 263 g/mol. The van der Waals surface area contributed by atoms with Gasteiger partial charge >= 0.3 is 0 Å². The standard InChI is InChI=1S/C17H17N3/c1-12-10-13(16-4-2-3-5-17(16)20-12)11-19-15-8-6-14(18)7-9-15/h2-10,19H,11,18H2,1H3. The van der Waals surface area contributed by atoms with E-state index in [2.05, 4.69) is 28.5 Å². The summed E-state index contributed by atoms with van der Waals surface area (Å²) in [6.45, 7) is 2.80. The molecule has 2 aromatic carbocycles. The number of aryl methyl sites for hydroxylation is 1. The van der Waals surface area contributed by atoms with Crippen molar-refractivity contribution in [1.82, 2.24) is 4.98 Å². The number of para-hydroxylation sites is 1. The number of nitrogens with zero attached hydrogens (tertiary/aromatic N) is 1. The predicted octanol–water partition coefficient (Wildman–Crippen LogP) is 3.74. The number of aromatic nitrogens is 1. The minimum Gasteiger partial charge on any atom is -0.399 e. The third-order valence-corrected chi connectivity index (χ3v) is 3.32. The lowest BCUT2D eigenvalue weighted by Crippen LogP contribution is -2.01. The maximum Gasteiger partial charge on any atom is 0.0708 e. The fraction of sp³-hybridized carbons (Fsp3) is 0.118. The molecule has 3 heteroatoms. The Morgan fingerprint density at radius 1 is 1.05 bits per heavy atom. The van der Waals surface area contributed by atoms with E-state index < -0.39 is 0 Å². The summed E-state index contributed by atoms with van der Waals surface area (Å²) < 4.78 is 0. The zero-order valence-electron chi connectivity index (χ0n) is 11.4. The molecule has 1 heterocycles. The van der Waals surface area contributed by atoms with E-state index in [0.717, 1.165) is 29.1 Å². The average Bonchev–Trinajstić information content (AvgIpc) is 2.46. The monoisotopic (exact) mass is 263 g/mol. The Balaban J connectivity index is 1.88. The van der Waals surface area contributed by atoms with Gasteiger partial charge in [-0.25, -0.2) is 0 Å². The molecule has 0 fully saturated rings. The van der Waals surface area contributed by atoms with Gasteiger partial charge in [0.1, 0.15) is 0 Å². The lowest BCUT2D eigenvalue weighted by Gasteiger charge is -2.10. The van der Waals surface area contributed by atoms with Crippen molar-refractivity contribution in [3.05, 3.63) is 65.9 Å². The van der Waals surface area contributed by atoms with Crippen molar-refractivity contribution < 1.29 is 0 Å². The van der Waals surface area contributed by atoms with Crippen LogP contribution in [0, 0.1) is 6.92 Å². The number of hydrogen-bond donors (Lipinski definition) is 2. The van der Waals surface area contributed by atoms with Crippen LogP contribution in [0.3, 0.4) is 0 Å². The van der Waals surface area contributed by atoms with Gasteiger partial charge in [0.25, 0.3) is 0 Å². The van der Waals surface area contributed by atoms with E-state index in [-0.39, 0.29) is 0 Å². The molecule has 0 aliphatic carbocycles.